The van der Waals surface area contributed by atoms with Crippen LogP contribution >= 0.6 is 0 Å². The van der Waals surface area contributed by atoms with Crippen LogP contribution in [-0.4, -0.2) is 40.3 Å². The monoisotopic (exact) mass is 374 g/mol. The van der Waals surface area contributed by atoms with Crippen LogP contribution in [0.3, 0.4) is 0 Å². The number of hydrogen-bond donors (Lipinski definition) is 3. The quantitative estimate of drug-likeness (QED) is 0.503. The average Bonchev–Trinajstić information content (AvgIpc) is 3.40. The van der Waals surface area contributed by atoms with Crippen LogP contribution in [-0.2, 0) is 22.5 Å². The van der Waals surface area contributed by atoms with Gasteiger partial charge in [-0.1, -0.05) is 36.4 Å². The molecule has 6 heteroatoms. The van der Waals surface area contributed by atoms with E-state index in [9.17, 15) is 4.79 Å². The fourth-order valence-corrected chi connectivity index (χ4v) is 4.21. The molecule has 1 saturated heterocycles. The van der Waals surface area contributed by atoms with Crippen molar-refractivity contribution in [3.63, 3.8) is 0 Å². The summed E-state index contributed by atoms with van der Waals surface area (Å²) in [5, 5.41) is 7.27. The first-order valence-corrected chi connectivity index (χ1v) is 9.48. The van der Waals surface area contributed by atoms with Crippen molar-refractivity contribution in [1.29, 1.82) is 0 Å². The Bertz CT molecular complexity index is 1150. The second kappa shape index (κ2) is 6.82. The van der Waals surface area contributed by atoms with Gasteiger partial charge in [0.1, 0.15) is 6.17 Å². The van der Waals surface area contributed by atoms with Crippen molar-refractivity contribution >= 4 is 27.7 Å². The van der Waals surface area contributed by atoms with Gasteiger partial charge in [-0.2, -0.15) is 0 Å². The van der Waals surface area contributed by atoms with Gasteiger partial charge in [-0.25, -0.2) is 5.06 Å². The molecule has 0 spiro atoms. The second-order valence-electron chi connectivity index (χ2n) is 7.21. The minimum atomic E-state index is -0.311. The minimum absolute atomic E-state index is 0.0300. The van der Waals surface area contributed by atoms with Crippen molar-refractivity contribution < 1.29 is 9.63 Å². The number of rotatable bonds is 5. The maximum Gasteiger partial charge on any atom is 0.265 e. The predicted molar refractivity (Wildman–Crippen MR) is 109 cm³/mol. The van der Waals surface area contributed by atoms with E-state index in [-0.39, 0.29) is 18.1 Å². The summed E-state index contributed by atoms with van der Waals surface area (Å²) < 4.78 is 0. The zero-order chi connectivity index (χ0) is 19.1. The average molecular weight is 374 g/mol. The standard InChI is InChI=1S/C22H22N4O2/c1-28-26-21(11-15-13-24-19-9-5-3-7-17(15)19)25-20(22(26)27)10-14-12-23-18-8-4-2-6-16(14)18/h2-9,12-13,20-21,23-25H,10-11H2,1H3/t20-,21+/m0/s1. The van der Waals surface area contributed by atoms with Crippen molar-refractivity contribution in [1.82, 2.24) is 20.3 Å². The second-order valence-corrected chi connectivity index (χ2v) is 7.21. The number of H-pyrrole nitrogens is 2. The lowest BCUT2D eigenvalue weighted by Crippen LogP contribution is -2.38. The lowest BCUT2D eigenvalue weighted by molar-refractivity contribution is -0.178. The van der Waals surface area contributed by atoms with Crippen LogP contribution in [0.4, 0.5) is 0 Å². The van der Waals surface area contributed by atoms with Crippen molar-refractivity contribution in [3.05, 3.63) is 72.1 Å². The predicted octanol–water partition coefficient (Wildman–Crippen LogP) is 3.12. The summed E-state index contributed by atoms with van der Waals surface area (Å²) in [5.74, 6) is -0.0300. The molecule has 0 aliphatic carbocycles. The topological polar surface area (TPSA) is 73.2 Å². The molecule has 1 amide bonds. The summed E-state index contributed by atoms with van der Waals surface area (Å²) in [6.07, 6.45) is 5.09. The summed E-state index contributed by atoms with van der Waals surface area (Å²) >= 11 is 0. The van der Waals surface area contributed by atoms with E-state index in [0.717, 1.165) is 27.5 Å². The molecule has 2 atom stereocenters. The van der Waals surface area contributed by atoms with E-state index < -0.39 is 0 Å². The molecular formula is C22H22N4O2. The lowest BCUT2D eigenvalue weighted by atomic mass is 10.1. The van der Waals surface area contributed by atoms with E-state index in [0.29, 0.717) is 12.8 Å². The molecule has 5 rings (SSSR count). The zero-order valence-corrected chi connectivity index (χ0v) is 15.6. The summed E-state index contributed by atoms with van der Waals surface area (Å²) in [6.45, 7) is 0. The van der Waals surface area contributed by atoms with Gasteiger partial charge in [0, 0.05) is 40.6 Å². The zero-order valence-electron chi connectivity index (χ0n) is 15.6. The van der Waals surface area contributed by atoms with Gasteiger partial charge in [0.25, 0.3) is 5.91 Å². The molecule has 0 unspecified atom stereocenters. The summed E-state index contributed by atoms with van der Waals surface area (Å²) in [6, 6.07) is 16.0. The molecule has 6 nitrogen and oxygen atoms in total. The number of amides is 1. The molecule has 2 aromatic carbocycles. The van der Waals surface area contributed by atoms with Crippen LogP contribution < -0.4 is 5.32 Å². The molecule has 0 saturated carbocycles. The van der Waals surface area contributed by atoms with Crippen LogP contribution in [0.15, 0.2) is 60.9 Å². The molecule has 142 valence electrons. The molecule has 3 heterocycles. The third kappa shape index (κ3) is 2.78. The Morgan fingerprint density at radius 2 is 1.46 bits per heavy atom. The van der Waals surface area contributed by atoms with Gasteiger partial charge in [0.2, 0.25) is 0 Å². The summed E-state index contributed by atoms with van der Waals surface area (Å²) in [5.41, 5.74) is 4.48. The van der Waals surface area contributed by atoms with E-state index in [1.807, 2.05) is 42.7 Å². The van der Waals surface area contributed by atoms with Crippen molar-refractivity contribution in [2.24, 2.45) is 0 Å². The van der Waals surface area contributed by atoms with Crippen LogP contribution in [0.5, 0.6) is 0 Å². The van der Waals surface area contributed by atoms with Gasteiger partial charge in [-0.3, -0.25) is 14.9 Å². The van der Waals surface area contributed by atoms with Crippen LogP contribution in [0.25, 0.3) is 21.8 Å². The number of nitrogens with one attached hydrogen (secondary N) is 3. The Hall–Kier alpha value is -3.09. The maximum absolute atomic E-state index is 12.9. The Kier molecular flexibility index (Phi) is 4.15. The lowest BCUT2D eigenvalue weighted by Gasteiger charge is -2.20. The van der Waals surface area contributed by atoms with Crippen molar-refractivity contribution in [3.8, 4) is 0 Å². The van der Waals surface area contributed by atoms with Crippen LogP contribution in [0.1, 0.15) is 11.1 Å². The number of fused-ring (bicyclic) bond motifs is 2. The molecule has 28 heavy (non-hydrogen) atoms. The molecule has 1 aliphatic heterocycles. The van der Waals surface area contributed by atoms with Gasteiger partial charge < -0.3 is 9.97 Å². The molecule has 0 bridgehead atoms. The van der Waals surface area contributed by atoms with Gasteiger partial charge in [-0.15, -0.1) is 0 Å². The van der Waals surface area contributed by atoms with E-state index in [1.54, 1.807) is 7.11 Å². The molecule has 2 aromatic heterocycles. The van der Waals surface area contributed by atoms with E-state index in [2.05, 4.69) is 33.5 Å². The first-order valence-electron chi connectivity index (χ1n) is 9.48. The largest absolute Gasteiger partial charge is 0.361 e. The van der Waals surface area contributed by atoms with Crippen molar-refractivity contribution in [2.75, 3.05) is 7.11 Å². The van der Waals surface area contributed by atoms with E-state index in [4.69, 9.17) is 4.84 Å². The van der Waals surface area contributed by atoms with Crippen molar-refractivity contribution in [2.45, 2.75) is 25.0 Å². The highest BCUT2D eigenvalue weighted by molar-refractivity contribution is 5.87. The molecular weight excluding hydrogens is 352 g/mol. The van der Waals surface area contributed by atoms with E-state index in [1.165, 1.54) is 10.4 Å². The maximum atomic E-state index is 12.9. The molecule has 1 aliphatic rings. The number of hydroxylamine groups is 2. The molecule has 3 N–H and O–H groups in total. The highest BCUT2D eigenvalue weighted by atomic mass is 16.7. The third-order valence-corrected chi connectivity index (χ3v) is 5.58. The Morgan fingerprint density at radius 1 is 0.893 bits per heavy atom. The third-order valence-electron chi connectivity index (χ3n) is 5.58. The first kappa shape index (κ1) is 17.0. The summed E-state index contributed by atoms with van der Waals surface area (Å²) in [4.78, 5) is 24.9. The van der Waals surface area contributed by atoms with E-state index >= 15 is 0 Å². The summed E-state index contributed by atoms with van der Waals surface area (Å²) in [7, 11) is 1.55. The minimum Gasteiger partial charge on any atom is -0.361 e. The van der Waals surface area contributed by atoms with Gasteiger partial charge in [-0.05, 0) is 29.7 Å². The number of benzene rings is 2. The molecule has 4 aromatic rings. The van der Waals surface area contributed by atoms with Crippen LogP contribution in [0.2, 0.25) is 0 Å². The number of aromatic nitrogens is 2. The Balaban J connectivity index is 1.39. The normalized spacial score (nSPS) is 19.9. The molecule has 1 fully saturated rings. The Labute approximate surface area is 162 Å². The Morgan fingerprint density at radius 3 is 2.07 bits per heavy atom. The molecule has 0 radical (unpaired) electrons. The first-order chi connectivity index (χ1) is 13.7. The SMILES string of the molecule is CON1C(=O)[C@H](Cc2c[nH]c3ccccc23)N[C@H]1Cc1c[nH]c2ccccc12. The van der Waals surface area contributed by atoms with Gasteiger partial charge >= 0.3 is 0 Å². The highest BCUT2D eigenvalue weighted by Crippen LogP contribution is 2.25. The smallest absolute Gasteiger partial charge is 0.265 e. The van der Waals surface area contributed by atoms with Gasteiger partial charge in [0.05, 0.1) is 13.2 Å². The fourth-order valence-electron chi connectivity index (χ4n) is 4.21. The number of nitrogens with zero attached hydrogens (tertiary/aromatic N) is 1. The fraction of sp³-hybridized carbons (Fsp3) is 0.227. The number of aromatic amines is 2. The number of carbonyl (C=O) groups is 1. The number of carbonyl (C=O) groups excluding carboxylic acids is 1. The van der Waals surface area contributed by atoms with Gasteiger partial charge in [0.15, 0.2) is 0 Å². The highest BCUT2D eigenvalue weighted by Gasteiger charge is 2.40. The number of para-hydroxylation sites is 2. The van der Waals surface area contributed by atoms with Crippen LogP contribution in [0, 0.1) is 0 Å². The number of hydrogen-bond acceptors (Lipinski definition) is 3.